The summed E-state index contributed by atoms with van der Waals surface area (Å²) in [6.45, 7) is 0. The molecular weight excluding hydrogens is 363 g/mol. The normalized spacial score (nSPS) is 10.8. The van der Waals surface area contributed by atoms with Crippen LogP contribution in [0.15, 0.2) is 40.2 Å². The minimum absolute atomic E-state index is 0.158. The van der Waals surface area contributed by atoms with Gasteiger partial charge in [0.15, 0.2) is 0 Å². The van der Waals surface area contributed by atoms with Crippen molar-refractivity contribution in [1.29, 1.82) is 0 Å². The average Bonchev–Trinajstić information content (AvgIpc) is 2.84. The van der Waals surface area contributed by atoms with Gasteiger partial charge in [0.2, 0.25) is 11.7 Å². The van der Waals surface area contributed by atoms with Gasteiger partial charge < -0.3 is 5.32 Å². The second kappa shape index (κ2) is 6.59. The monoisotopic (exact) mass is 370 g/mol. The fourth-order valence-corrected chi connectivity index (χ4v) is 2.82. The molecular formula is C13H8BrFN2O3S. The molecule has 1 amide bonds. The van der Waals surface area contributed by atoms with E-state index in [1.165, 1.54) is 23.5 Å². The predicted molar refractivity (Wildman–Crippen MR) is 82.7 cm³/mol. The number of carbonyl (C=O) groups is 1. The predicted octanol–water partition coefficient (Wildman–Crippen LogP) is 4.21. The van der Waals surface area contributed by atoms with Crippen LogP contribution in [0, 0.1) is 15.9 Å². The number of benzene rings is 1. The van der Waals surface area contributed by atoms with E-state index in [9.17, 15) is 19.3 Å². The molecule has 0 saturated heterocycles. The van der Waals surface area contributed by atoms with Gasteiger partial charge in [-0.25, -0.2) is 0 Å². The van der Waals surface area contributed by atoms with Crippen LogP contribution in [-0.4, -0.2) is 10.8 Å². The maximum atomic E-state index is 13.2. The average molecular weight is 371 g/mol. The number of nitrogens with one attached hydrogen (secondary N) is 1. The Kier molecular flexibility index (Phi) is 4.81. The zero-order chi connectivity index (χ0) is 15.4. The minimum Gasteiger partial charge on any atom is -0.322 e. The Morgan fingerprint density at radius 3 is 2.76 bits per heavy atom. The van der Waals surface area contributed by atoms with Crippen LogP contribution in [-0.2, 0) is 4.79 Å². The molecule has 1 aromatic heterocycles. The van der Waals surface area contributed by atoms with E-state index >= 15 is 0 Å². The number of carbonyl (C=O) groups excluding carboxylic acids is 1. The summed E-state index contributed by atoms with van der Waals surface area (Å²) >= 11 is 4.76. The van der Waals surface area contributed by atoms with Gasteiger partial charge in [0.05, 0.1) is 8.71 Å². The first-order chi connectivity index (χ1) is 9.95. The number of amides is 1. The van der Waals surface area contributed by atoms with Gasteiger partial charge >= 0.3 is 5.69 Å². The molecule has 0 atom stereocenters. The van der Waals surface area contributed by atoms with Crippen molar-refractivity contribution >= 4 is 50.6 Å². The molecule has 21 heavy (non-hydrogen) atoms. The van der Waals surface area contributed by atoms with Crippen molar-refractivity contribution in [2.75, 3.05) is 5.32 Å². The lowest BCUT2D eigenvalue weighted by atomic mass is 10.2. The zero-order valence-electron chi connectivity index (χ0n) is 10.4. The fraction of sp³-hybridized carbons (Fsp3) is 0. The van der Waals surface area contributed by atoms with E-state index in [0.29, 0.717) is 0 Å². The highest BCUT2D eigenvalue weighted by atomic mass is 79.9. The van der Waals surface area contributed by atoms with E-state index in [1.807, 2.05) is 12.1 Å². The van der Waals surface area contributed by atoms with Crippen LogP contribution < -0.4 is 5.32 Å². The molecule has 0 bridgehead atoms. The minimum atomic E-state index is -0.947. The van der Waals surface area contributed by atoms with Crippen molar-refractivity contribution in [3.05, 3.63) is 61.0 Å². The summed E-state index contributed by atoms with van der Waals surface area (Å²) in [5, 5.41) is 13.0. The zero-order valence-corrected chi connectivity index (χ0v) is 12.8. The van der Waals surface area contributed by atoms with Gasteiger partial charge in [0.25, 0.3) is 0 Å². The quantitative estimate of drug-likeness (QED) is 0.497. The van der Waals surface area contributed by atoms with Crippen LogP contribution in [0.2, 0.25) is 0 Å². The van der Waals surface area contributed by atoms with Gasteiger partial charge in [0.1, 0.15) is 0 Å². The molecule has 8 heteroatoms. The van der Waals surface area contributed by atoms with Gasteiger partial charge in [-0.3, -0.25) is 14.9 Å². The number of halogens is 2. The first kappa shape index (κ1) is 15.3. The number of thiophene rings is 1. The number of hydrogen-bond donors (Lipinski definition) is 1. The molecule has 2 aromatic rings. The summed E-state index contributed by atoms with van der Waals surface area (Å²) < 4.78 is 14.1. The van der Waals surface area contributed by atoms with E-state index in [0.717, 1.165) is 20.8 Å². The van der Waals surface area contributed by atoms with Crippen molar-refractivity contribution in [1.82, 2.24) is 0 Å². The van der Waals surface area contributed by atoms with E-state index in [4.69, 9.17) is 0 Å². The molecule has 0 fully saturated rings. The highest BCUT2D eigenvalue weighted by Gasteiger charge is 2.14. The van der Waals surface area contributed by atoms with E-state index in [2.05, 4.69) is 21.2 Å². The smallest absolute Gasteiger partial charge is 0.306 e. The molecule has 0 radical (unpaired) electrons. The number of rotatable bonds is 4. The Bertz CT molecular complexity index is 730. The molecule has 1 N–H and O–H groups in total. The van der Waals surface area contributed by atoms with Crippen molar-refractivity contribution < 1.29 is 14.1 Å². The summed E-state index contributed by atoms with van der Waals surface area (Å²) in [6.07, 6.45) is 2.91. The van der Waals surface area contributed by atoms with Crippen molar-refractivity contribution in [3.8, 4) is 0 Å². The largest absolute Gasteiger partial charge is 0.322 e. The third-order valence-corrected chi connectivity index (χ3v) is 3.99. The maximum Gasteiger partial charge on any atom is 0.306 e. The Balaban J connectivity index is 2.07. The highest BCUT2D eigenvalue weighted by Crippen LogP contribution is 2.23. The molecule has 108 valence electrons. The second-order valence-electron chi connectivity index (χ2n) is 3.89. The summed E-state index contributed by atoms with van der Waals surface area (Å²) in [5.41, 5.74) is -0.524. The maximum absolute atomic E-state index is 13.2. The topological polar surface area (TPSA) is 72.2 Å². The molecule has 0 saturated carbocycles. The summed E-state index contributed by atoms with van der Waals surface area (Å²) in [5.74, 6) is -1.41. The molecule has 1 heterocycles. The standard InChI is InChI=1S/C13H8BrFN2O3S/c14-12-5-2-9(21-12)3-6-13(18)16-8-1-4-10(15)11(7-8)17(19)20/h1-7H,(H,16,18)/b6-3+. The van der Waals surface area contributed by atoms with Gasteiger partial charge in [0, 0.05) is 22.7 Å². The number of nitro groups is 1. The molecule has 0 unspecified atom stereocenters. The summed E-state index contributed by atoms with van der Waals surface area (Å²) in [4.78, 5) is 22.3. The first-order valence-electron chi connectivity index (χ1n) is 5.64. The SMILES string of the molecule is O=C(/C=C/c1ccc(Br)s1)Nc1ccc(F)c([N+](=O)[O-])c1. The Morgan fingerprint density at radius 2 is 2.14 bits per heavy atom. The molecule has 0 aliphatic heterocycles. The number of hydrogen-bond acceptors (Lipinski definition) is 4. The van der Waals surface area contributed by atoms with Gasteiger partial charge in [-0.15, -0.1) is 11.3 Å². The number of nitrogens with zero attached hydrogens (tertiary/aromatic N) is 1. The lowest BCUT2D eigenvalue weighted by molar-refractivity contribution is -0.387. The van der Waals surface area contributed by atoms with Gasteiger partial charge in [-0.05, 0) is 46.3 Å². The second-order valence-corrected chi connectivity index (χ2v) is 6.38. The van der Waals surface area contributed by atoms with Gasteiger partial charge in [-0.1, -0.05) is 0 Å². The van der Waals surface area contributed by atoms with Crippen LogP contribution >= 0.6 is 27.3 Å². The van der Waals surface area contributed by atoms with Crippen LogP contribution in [0.4, 0.5) is 15.8 Å². The van der Waals surface area contributed by atoms with E-state index in [-0.39, 0.29) is 5.69 Å². The van der Waals surface area contributed by atoms with Crippen molar-refractivity contribution in [2.24, 2.45) is 0 Å². The van der Waals surface area contributed by atoms with Gasteiger partial charge in [-0.2, -0.15) is 4.39 Å². The molecule has 2 rings (SSSR count). The Labute approximate surface area is 131 Å². The Hall–Kier alpha value is -2.06. The number of nitro benzene ring substituents is 1. The number of anilines is 1. The van der Waals surface area contributed by atoms with Crippen LogP contribution in [0.3, 0.4) is 0 Å². The highest BCUT2D eigenvalue weighted by molar-refractivity contribution is 9.11. The lowest BCUT2D eigenvalue weighted by Gasteiger charge is -2.02. The van der Waals surface area contributed by atoms with E-state index in [1.54, 1.807) is 6.08 Å². The third-order valence-electron chi connectivity index (χ3n) is 2.40. The molecule has 1 aromatic carbocycles. The first-order valence-corrected chi connectivity index (χ1v) is 7.25. The lowest BCUT2D eigenvalue weighted by Crippen LogP contribution is -2.08. The van der Waals surface area contributed by atoms with Crippen LogP contribution in [0.1, 0.15) is 4.88 Å². The molecule has 0 spiro atoms. The fourth-order valence-electron chi connectivity index (χ4n) is 1.49. The summed E-state index contributed by atoms with van der Waals surface area (Å²) in [6, 6.07) is 6.86. The third kappa shape index (κ3) is 4.20. The Morgan fingerprint density at radius 1 is 1.38 bits per heavy atom. The molecule has 0 aliphatic rings. The molecule has 0 aliphatic carbocycles. The van der Waals surface area contributed by atoms with E-state index < -0.39 is 22.3 Å². The summed E-state index contributed by atoms with van der Waals surface area (Å²) in [7, 11) is 0. The molecule has 5 nitrogen and oxygen atoms in total. The van der Waals surface area contributed by atoms with Crippen LogP contribution in [0.5, 0.6) is 0 Å². The van der Waals surface area contributed by atoms with Crippen molar-refractivity contribution in [3.63, 3.8) is 0 Å². The van der Waals surface area contributed by atoms with Crippen molar-refractivity contribution in [2.45, 2.75) is 0 Å². The van der Waals surface area contributed by atoms with Crippen LogP contribution in [0.25, 0.3) is 6.08 Å².